The normalized spacial score (nSPS) is 33.8. The average Bonchev–Trinajstić information content (AvgIpc) is 2.27. The maximum atomic E-state index is 11.0. The van der Waals surface area contributed by atoms with Crippen LogP contribution in [0.1, 0.15) is 0 Å². The molecule has 16 heavy (non-hydrogen) atoms. The van der Waals surface area contributed by atoms with Crippen molar-refractivity contribution < 1.29 is 25.2 Å². The van der Waals surface area contributed by atoms with E-state index in [0.29, 0.717) is 0 Å². The van der Waals surface area contributed by atoms with E-state index in [1.54, 1.807) is 24.3 Å². The van der Waals surface area contributed by atoms with Gasteiger partial charge in [0, 0.05) is 0 Å². The largest absolute Gasteiger partial charge is 0.305 e. The van der Waals surface area contributed by atoms with Crippen LogP contribution in [0, 0.1) is 0 Å². The van der Waals surface area contributed by atoms with Gasteiger partial charge in [-0.05, 0) is 0 Å². The molecule has 1 aliphatic rings. The zero-order valence-corrected chi connectivity index (χ0v) is 10.0. The van der Waals surface area contributed by atoms with E-state index in [1.165, 1.54) is 0 Å². The Morgan fingerprint density at radius 3 is 1.12 bits per heavy atom. The second kappa shape index (κ2) is 8.74. The standard InChI is InChI=1S/C8H12O6S2/c9-15-11-5-1-2-6-12-16(10)14-8-4-3-7-13-15/h1-4H,5-8H2/b2-1+,4-3+. The Morgan fingerprint density at radius 1 is 0.625 bits per heavy atom. The Labute approximate surface area is 98.9 Å². The zero-order chi connectivity index (χ0) is 11.6. The summed E-state index contributed by atoms with van der Waals surface area (Å²) in [6, 6.07) is 0. The lowest BCUT2D eigenvalue weighted by Crippen LogP contribution is -2.05. The first kappa shape index (κ1) is 13.7. The van der Waals surface area contributed by atoms with Gasteiger partial charge in [-0.2, -0.15) is 8.42 Å². The molecule has 1 heterocycles. The molecule has 1 aliphatic heterocycles. The van der Waals surface area contributed by atoms with Crippen molar-refractivity contribution in [3.63, 3.8) is 0 Å². The minimum absolute atomic E-state index is 0.132. The minimum Gasteiger partial charge on any atom is -0.264 e. The van der Waals surface area contributed by atoms with Crippen LogP contribution >= 0.6 is 0 Å². The molecule has 0 N–H and O–H groups in total. The molecule has 0 saturated heterocycles. The number of hydrogen-bond donors (Lipinski definition) is 0. The summed E-state index contributed by atoms with van der Waals surface area (Å²) in [5, 5.41) is 0. The van der Waals surface area contributed by atoms with E-state index in [-0.39, 0.29) is 26.4 Å². The molecule has 1 rings (SSSR count). The highest BCUT2D eigenvalue weighted by molar-refractivity contribution is 7.75. The van der Waals surface area contributed by atoms with Gasteiger partial charge in [-0.1, -0.05) is 24.3 Å². The molecular weight excluding hydrogens is 256 g/mol. The molecule has 0 unspecified atom stereocenters. The summed E-state index contributed by atoms with van der Waals surface area (Å²) < 4.78 is 41.1. The highest BCUT2D eigenvalue weighted by Gasteiger charge is 2.00. The van der Waals surface area contributed by atoms with Gasteiger partial charge in [0.05, 0.1) is 26.4 Å². The molecule has 0 amide bonds. The SMILES string of the molecule is O=S1OC/C=C/COS(=O)OC/C=C/CO1. The second-order valence-electron chi connectivity index (χ2n) is 2.49. The molecule has 0 radical (unpaired) electrons. The third-order valence-electron chi connectivity index (χ3n) is 1.38. The fourth-order valence-corrected chi connectivity index (χ4v) is 1.61. The number of rotatable bonds is 0. The van der Waals surface area contributed by atoms with E-state index in [0.717, 1.165) is 0 Å². The predicted molar refractivity (Wildman–Crippen MR) is 58.4 cm³/mol. The van der Waals surface area contributed by atoms with Gasteiger partial charge in [-0.3, -0.25) is 16.7 Å². The topological polar surface area (TPSA) is 71.1 Å². The monoisotopic (exact) mass is 268 g/mol. The Hall–Kier alpha value is -0.380. The van der Waals surface area contributed by atoms with E-state index in [4.69, 9.17) is 16.7 Å². The third-order valence-corrected chi connectivity index (χ3v) is 2.69. The predicted octanol–water partition coefficient (Wildman–Crippen LogP) is 0.336. The van der Waals surface area contributed by atoms with Crippen LogP contribution in [0.25, 0.3) is 0 Å². The van der Waals surface area contributed by atoms with Crippen molar-refractivity contribution in [1.82, 2.24) is 0 Å². The van der Waals surface area contributed by atoms with Gasteiger partial charge >= 0.3 is 22.7 Å². The molecular formula is C8H12O6S2. The van der Waals surface area contributed by atoms with Gasteiger partial charge in [-0.15, -0.1) is 0 Å². The third kappa shape index (κ3) is 6.99. The molecule has 0 aliphatic carbocycles. The fourth-order valence-electron chi connectivity index (χ4n) is 0.720. The molecule has 0 atom stereocenters. The Bertz CT molecular complexity index is 247. The fraction of sp³-hybridized carbons (Fsp3) is 0.500. The van der Waals surface area contributed by atoms with Crippen molar-refractivity contribution in [2.45, 2.75) is 0 Å². The average molecular weight is 268 g/mol. The van der Waals surface area contributed by atoms with Crippen molar-refractivity contribution in [1.29, 1.82) is 0 Å². The summed E-state index contributed by atoms with van der Waals surface area (Å²) in [7, 11) is 0. The first-order valence-electron chi connectivity index (χ1n) is 4.45. The van der Waals surface area contributed by atoms with Crippen molar-refractivity contribution in [2.24, 2.45) is 0 Å². The smallest absolute Gasteiger partial charge is 0.264 e. The summed E-state index contributed by atoms with van der Waals surface area (Å²) in [5.74, 6) is 0. The van der Waals surface area contributed by atoms with Gasteiger partial charge in [0.2, 0.25) is 0 Å². The lowest BCUT2D eigenvalue weighted by Gasteiger charge is -2.01. The molecule has 0 aromatic carbocycles. The lowest BCUT2D eigenvalue weighted by molar-refractivity contribution is 0.277. The quantitative estimate of drug-likeness (QED) is 0.590. The summed E-state index contributed by atoms with van der Waals surface area (Å²) in [4.78, 5) is 0. The van der Waals surface area contributed by atoms with E-state index in [1.807, 2.05) is 0 Å². The first-order valence-corrected chi connectivity index (χ1v) is 6.45. The highest BCUT2D eigenvalue weighted by Crippen LogP contribution is 1.94. The molecule has 8 heteroatoms. The molecule has 0 fully saturated rings. The molecule has 0 bridgehead atoms. The molecule has 0 spiro atoms. The van der Waals surface area contributed by atoms with Crippen LogP contribution in [0.4, 0.5) is 0 Å². The van der Waals surface area contributed by atoms with Crippen LogP contribution in [-0.2, 0) is 39.5 Å². The van der Waals surface area contributed by atoms with Crippen molar-refractivity contribution in [2.75, 3.05) is 26.4 Å². The Morgan fingerprint density at radius 2 is 0.875 bits per heavy atom. The van der Waals surface area contributed by atoms with Gasteiger partial charge < -0.3 is 0 Å². The Balaban J connectivity index is 2.40. The Kier molecular flexibility index (Phi) is 7.47. The second-order valence-corrected chi connectivity index (χ2v) is 4.25. The van der Waals surface area contributed by atoms with E-state index in [2.05, 4.69) is 0 Å². The lowest BCUT2D eigenvalue weighted by atomic mass is 10.5. The summed E-state index contributed by atoms with van der Waals surface area (Å²) in [6.07, 6.45) is 6.33. The van der Waals surface area contributed by atoms with Gasteiger partial charge in [0.1, 0.15) is 0 Å². The summed E-state index contributed by atoms with van der Waals surface area (Å²) >= 11 is -3.52. The summed E-state index contributed by atoms with van der Waals surface area (Å²) in [6.45, 7) is 0.528. The molecule has 6 nitrogen and oxygen atoms in total. The van der Waals surface area contributed by atoms with E-state index >= 15 is 0 Å². The maximum absolute atomic E-state index is 11.0. The van der Waals surface area contributed by atoms with Gasteiger partial charge in [0.25, 0.3) is 0 Å². The van der Waals surface area contributed by atoms with E-state index in [9.17, 15) is 8.42 Å². The molecule has 0 aromatic rings. The van der Waals surface area contributed by atoms with Crippen molar-refractivity contribution >= 4 is 22.7 Å². The highest BCUT2D eigenvalue weighted by atomic mass is 32.2. The van der Waals surface area contributed by atoms with Crippen LogP contribution in [-0.4, -0.2) is 34.8 Å². The molecule has 92 valence electrons. The van der Waals surface area contributed by atoms with Gasteiger partial charge in [-0.25, -0.2) is 0 Å². The van der Waals surface area contributed by atoms with Crippen molar-refractivity contribution in [3.05, 3.63) is 24.3 Å². The minimum atomic E-state index is -1.76. The zero-order valence-electron chi connectivity index (χ0n) is 8.40. The van der Waals surface area contributed by atoms with Gasteiger partial charge in [0.15, 0.2) is 0 Å². The maximum Gasteiger partial charge on any atom is 0.305 e. The van der Waals surface area contributed by atoms with Crippen LogP contribution in [0.3, 0.4) is 0 Å². The van der Waals surface area contributed by atoms with Crippen molar-refractivity contribution in [3.8, 4) is 0 Å². The van der Waals surface area contributed by atoms with Crippen LogP contribution in [0.2, 0.25) is 0 Å². The molecule has 0 aromatic heterocycles. The number of hydrogen-bond acceptors (Lipinski definition) is 6. The summed E-state index contributed by atoms with van der Waals surface area (Å²) in [5.41, 5.74) is 0. The van der Waals surface area contributed by atoms with Crippen LogP contribution < -0.4 is 0 Å². The van der Waals surface area contributed by atoms with Crippen LogP contribution in [0.5, 0.6) is 0 Å². The molecule has 0 saturated carbocycles. The van der Waals surface area contributed by atoms with Crippen LogP contribution in [0.15, 0.2) is 24.3 Å². The first-order chi connectivity index (χ1) is 7.79. The van der Waals surface area contributed by atoms with E-state index < -0.39 is 22.7 Å².